The fourth-order valence-electron chi connectivity index (χ4n) is 5.07. The Balaban J connectivity index is 1.45. The molecule has 160 valence electrons. The Bertz CT molecular complexity index is 959. The van der Waals surface area contributed by atoms with Crippen LogP contribution in [0.1, 0.15) is 48.8 Å². The summed E-state index contributed by atoms with van der Waals surface area (Å²) < 4.78 is 5.42. The number of halogens is 1. The summed E-state index contributed by atoms with van der Waals surface area (Å²) in [6.45, 7) is 0.885. The van der Waals surface area contributed by atoms with Gasteiger partial charge in [0, 0.05) is 0 Å². The monoisotopic (exact) mass is 517 g/mol. The Morgan fingerprint density at radius 1 is 1.07 bits per heavy atom. The van der Waals surface area contributed by atoms with Crippen molar-refractivity contribution in [2.45, 2.75) is 50.7 Å². The number of nitrogens with one attached hydrogen (secondary N) is 1. The van der Waals surface area contributed by atoms with Crippen molar-refractivity contribution in [1.29, 1.82) is 0 Å². The van der Waals surface area contributed by atoms with E-state index < -0.39 is 20.1 Å². The van der Waals surface area contributed by atoms with Crippen LogP contribution in [-0.2, 0) is 13.0 Å². The molecule has 0 spiro atoms. The Morgan fingerprint density at radius 3 is 2.70 bits per heavy atom. The SMILES string of the molecule is CN(C)I1CCC(N(Cc2nc3ccccc3[nH]2)C2CCCc3cccnc32)CC1. The average Bonchev–Trinajstić information content (AvgIpc) is 3.20. The molecule has 1 aromatic carbocycles. The molecule has 0 amide bonds. The van der Waals surface area contributed by atoms with Gasteiger partial charge in [-0.05, 0) is 0 Å². The number of nitrogens with zero attached hydrogens (tertiary/aromatic N) is 4. The third kappa shape index (κ3) is 4.14. The normalized spacial score (nSPS) is 21.5. The number of aromatic amines is 1. The van der Waals surface area contributed by atoms with Gasteiger partial charge in [-0.3, -0.25) is 0 Å². The van der Waals surface area contributed by atoms with Crippen molar-refractivity contribution in [3.05, 3.63) is 59.7 Å². The van der Waals surface area contributed by atoms with Gasteiger partial charge in [-0.25, -0.2) is 0 Å². The van der Waals surface area contributed by atoms with Crippen LogP contribution >= 0.6 is 20.1 Å². The molecule has 1 unspecified atom stereocenters. The number of aromatic nitrogens is 3. The molecule has 3 heterocycles. The maximum absolute atomic E-state index is 4.93. The summed E-state index contributed by atoms with van der Waals surface area (Å²) in [4.78, 5) is 16.1. The van der Waals surface area contributed by atoms with Crippen molar-refractivity contribution < 1.29 is 0 Å². The first-order chi connectivity index (χ1) is 14.7. The van der Waals surface area contributed by atoms with Crippen LogP contribution in [0.5, 0.6) is 0 Å². The molecule has 1 aliphatic carbocycles. The zero-order chi connectivity index (χ0) is 20.5. The van der Waals surface area contributed by atoms with E-state index in [2.05, 4.69) is 63.5 Å². The predicted octanol–water partition coefficient (Wildman–Crippen LogP) is 4.98. The van der Waals surface area contributed by atoms with Gasteiger partial charge < -0.3 is 0 Å². The summed E-state index contributed by atoms with van der Waals surface area (Å²) in [6, 6.07) is 13.8. The number of rotatable bonds is 5. The van der Waals surface area contributed by atoms with Crippen LogP contribution < -0.4 is 0 Å². The van der Waals surface area contributed by atoms with E-state index in [1.54, 1.807) is 0 Å². The molecule has 1 saturated heterocycles. The second-order valence-corrected chi connectivity index (χ2v) is 15.2. The summed E-state index contributed by atoms with van der Waals surface area (Å²) in [6.07, 6.45) is 8.25. The summed E-state index contributed by atoms with van der Waals surface area (Å²) in [7, 11) is 4.58. The first kappa shape index (κ1) is 20.4. The maximum atomic E-state index is 4.93. The summed E-state index contributed by atoms with van der Waals surface area (Å²) in [5.41, 5.74) is 4.97. The second kappa shape index (κ2) is 8.93. The van der Waals surface area contributed by atoms with Crippen molar-refractivity contribution in [2.24, 2.45) is 0 Å². The zero-order valence-corrected chi connectivity index (χ0v) is 20.2. The van der Waals surface area contributed by atoms with Gasteiger partial charge in [-0.2, -0.15) is 0 Å². The Kier molecular flexibility index (Phi) is 6.07. The molecule has 2 aromatic heterocycles. The standard InChI is InChI=1S/C24H32IN5/c1-29(2)25-14-12-19(13-15-25)30(17-23-27-20-9-3-4-10-21(20)28-23)22-11-5-7-18-8-6-16-26-24(18)22/h3-4,6,8-10,16,19,22H,5,7,11-15,17H2,1-2H3,(H,27,28). The number of imidazole rings is 1. The van der Waals surface area contributed by atoms with Crippen molar-refractivity contribution in [3.8, 4) is 0 Å². The van der Waals surface area contributed by atoms with Crippen molar-refractivity contribution in [1.82, 2.24) is 23.0 Å². The van der Waals surface area contributed by atoms with Gasteiger partial charge in [-0.1, -0.05) is 0 Å². The molecular weight excluding hydrogens is 485 g/mol. The van der Waals surface area contributed by atoms with Gasteiger partial charge in [0.2, 0.25) is 0 Å². The molecule has 30 heavy (non-hydrogen) atoms. The Morgan fingerprint density at radius 2 is 1.90 bits per heavy atom. The van der Waals surface area contributed by atoms with Crippen molar-refractivity contribution in [2.75, 3.05) is 23.0 Å². The molecule has 1 N–H and O–H groups in total. The zero-order valence-electron chi connectivity index (χ0n) is 18.0. The quantitative estimate of drug-likeness (QED) is 0.295. The molecule has 0 bridgehead atoms. The van der Waals surface area contributed by atoms with Crippen LogP contribution in [0.3, 0.4) is 0 Å². The topological polar surface area (TPSA) is 48.0 Å². The fraction of sp³-hybridized carbons (Fsp3) is 0.500. The number of hydrogen-bond donors (Lipinski definition) is 1. The van der Waals surface area contributed by atoms with Crippen LogP contribution in [-0.4, -0.2) is 52.0 Å². The van der Waals surface area contributed by atoms with E-state index in [4.69, 9.17) is 9.97 Å². The third-order valence-corrected chi connectivity index (χ3v) is 13.1. The number of benzene rings is 1. The van der Waals surface area contributed by atoms with Crippen LogP contribution in [0.25, 0.3) is 11.0 Å². The molecule has 6 heteroatoms. The Hall–Kier alpha value is -1.51. The average molecular weight is 517 g/mol. The number of fused-ring (bicyclic) bond motifs is 2. The molecule has 5 nitrogen and oxygen atoms in total. The van der Waals surface area contributed by atoms with Gasteiger partial charge in [-0.15, -0.1) is 0 Å². The van der Waals surface area contributed by atoms with Crippen LogP contribution in [0.4, 0.5) is 0 Å². The summed E-state index contributed by atoms with van der Waals surface area (Å²) in [5, 5.41) is 0. The number of hydrogen-bond acceptors (Lipinski definition) is 4. The van der Waals surface area contributed by atoms with Gasteiger partial charge >= 0.3 is 187 Å². The first-order valence-corrected chi connectivity index (χ1v) is 15.1. The predicted molar refractivity (Wildman–Crippen MR) is 132 cm³/mol. The van der Waals surface area contributed by atoms with E-state index in [1.165, 1.54) is 52.2 Å². The van der Waals surface area contributed by atoms with Crippen molar-refractivity contribution >= 4 is 31.1 Å². The number of pyridine rings is 1. The molecule has 5 rings (SSSR count). The summed E-state index contributed by atoms with van der Waals surface area (Å²) >= 11 is -0.915. The van der Waals surface area contributed by atoms with Gasteiger partial charge in [0.25, 0.3) is 0 Å². The van der Waals surface area contributed by atoms with E-state index in [-0.39, 0.29) is 0 Å². The van der Waals surface area contributed by atoms with Crippen LogP contribution in [0, 0.1) is 0 Å². The molecule has 2 aliphatic rings. The Labute approximate surface area is 187 Å². The minimum atomic E-state index is -0.915. The van der Waals surface area contributed by atoms with E-state index in [0.29, 0.717) is 12.1 Å². The molecular formula is C24H32IN5. The number of H-pyrrole nitrogens is 1. The van der Waals surface area contributed by atoms with Crippen LogP contribution in [0.2, 0.25) is 0 Å². The molecule has 1 aliphatic heterocycles. The molecule has 1 atom stereocenters. The fourth-order valence-corrected chi connectivity index (χ4v) is 10.4. The number of para-hydroxylation sites is 2. The third-order valence-electron chi connectivity index (χ3n) is 6.60. The molecule has 0 saturated carbocycles. The minimum absolute atomic E-state index is 0.410. The number of alkyl halides is 2. The van der Waals surface area contributed by atoms with Gasteiger partial charge in [0.05, 0.1) is 0 Å². The van der Waals surface area contributed by atoms with E-state index in [1.807, 2.05) is 6.20 Å². The van der Waals surface area contributed by atoms with E-state index in [0.717, 1.165) is 23.4 Å². The van der Waals surface area contributed by atoms with Crippen LogP contribution in [0.15, 0.2) is 42.6 Å². The van der Waals surface area contributed by atoms with E-state index >= 15 is 0 Å². The molecule has 1 fully saturated rings. The number of aryl methyl sites for hydroxylation is 1. The van der Waals surface area contributed by atoms with Gasteiger partial charge in [0.1, 0.15) is 0 Å². The molecule has 0 radical (unpaired) electrons. The first-order valence-electron chi connectivity index (χ1n) is 11.1. The van der Waals surface area contributed by atoms with E-state index in [9.17, 15) is 0 Å². The second-order valence-electron chi connectivity index (χ2n) is 8.65. The van der Waals surface area contributed by atoms with Gasteiger partial charge in [0.15, 0.2) is 0 Å². The van der Waals surface area contributed by atoms with Crippen molar-refractivity contribution in [3.63, 3.8) is 0 Å². The summed E-state index contributed by atoms with van der Waals surface area (Å²) in [5.74, 6) is 1.09. The molecule has 3 aromatic rings.